The van der Waals surface area contributed by atoms with Crippen molar-refractivity contribution < 1.29 is 9.53 Å². The van der Waals surface area contributed by atoms with Gasteiger partial charge >= 0.3 is 0 Å². The second kappa shape index (κ2) is 9.98. The number of carbonyl (C=O) groups excluding carboxylic acids is 1. The van der Waals surface area contributed by atoms with Crippen LogP contribution in [0.5, 0.6) is 5.75 Å². The van der Waals surface area contributed by atoms with Gasteiger partial charge in [-0.3, -0.25) is 4.79 Å². The van der Waals surface area contributed by atoms with Crippen LogP contribution in [0.3, 0.4) is 0 Å². The minimum Gasteiger partial charge on any atom is -0.497 e. The Morgan fingerprint density at radius 3 is 2.43 bits per heavy atom. The third kappa shape index (κ3) is 4.94. The van der Waals surface area contributed by atoms with Crippen molar-refractivity contribution in [3.8, 4) is 5.75 Å². The highest BCUT2D eigenvalue weighted by Crippen LogP contribution is 2.29. The van der Waals surface area contributed by atoms with Crippen molar-refractivity contribution in [3.05, 3.63) is 72.8 Å². The molecule has 1 fully saturated rings. The van der Waals surface area contributed by atoms with Gasteiger partial charge in [0.15, 0.2) is 0 Å². The van der Waals surface area contributed by atoms with E-state index in [1.807, 2.05) is 60.7 Å². The maximum atomic E-state index is 13.4. The molecular weight excluding hydrogens is 348 g/mol. The molecule has 28 heavy (non-hydrogen) atoms. The fourth-order valence-electron chi connectivity index (χ4n) is 3.90. The van der Waals surface area contributed by atoms with E-state index in [-0.39, 0.29) is 11.9 Å². The number of nitrogens with one attached hydrogen (secondary N) is 1. The van der Waals surface area contributed by atoms with E-state index in [9.17, 15) is 4.79 Å². The molecule has 1 aliphatic rings. The smallest absolute Gasteiger partial charge is 0.247 e. The molecule has 3 rings (SSSR count). The summed E-state index contributed by atoms with van der Waals surface area (Å²) < 4.78 is 5.29. The van der Waals surface area contributed by atoms with E-state index in [0.29, 0.717) is 6.54 Å². The molecule has 1 N–H and O–H groups in total. The van der Waals surface area contributed by atoms with Crippen molar-refractivity contribution >= 4 is 11.6 Å². The molecule has 1 amide bonds. The van der Waals surface area contributed by atoms with Gasteiger partial charge < -0.3 is 15.0 Å². The molecule has 2 aromatic carbocycles. The van der Waals surface area contributed by atoms with Crippen molar-refractivity contribution in [3.63, 3.8) is 0 Å². The summed E-state index contributed by atoms with van der Waals surface area (Å²) in [6, 6.07) is 17.7. The van der Waals surface area contributed by atoms with Crippen molar-refractivity contribution in [2.75, 3.05) is 18.6 Å². The molecule has 1 atom stereocenters. The first-order valence-corrected chi connectivity index (χ1v) is 10.1. The fraction of sp³-hybridized carbons (Fsp3) is 0.375. The lowest BCUT2D eigenvalue weighted by Crippen LogP contribution is -2.45. The van der Waals surface area contributed by atoms with Gasteiger partial charge in [0.1, 0.15) is 11.8 Å². The Hall–Kier alpha value is -2.75. The summed E-state index contributed by atoms with van der Waals surface area (Å²) >= 11 is 0. The summed E-state index contributed by atoms with van der Waals surface area (Å²) in [5.74, 6) is 0.827. The predicted octanol–water partition coefficient (Wildman–Crippen LogP) is 4.88. The van der Waals surface area contributed by atoms with Crippen LogP contribution in [0.4, 0.5) is 5.69 Å². The van der Waals surface area contributed by atoms with Gasteiger partial charge in [0.05, 0.1) is 7.11 Å². The van der Waals surface area contributed by atoms with Crippen molar-refractivity contribution in [2.45, 2.75) is 44.2 Å². The normalized spacial score (nSPS) is 15.5. The van der Waals surface area contributed by atoms with E-state index >= 15 is 0 Å². The maximum Gasteiger partial charge on any atom is 0.247 e. The van der Waals surface area contributed by atoms with Crippen LogP contribution in [0.2, 0.25) is 0 Å². The van der Waals surface area contributed by atoms with E-state index in [1.54, 1.807) is 7.11 Å². The Morgan fingerprint density at radius 1 is 1.14 bits per heavy atom. The molecule has 1 aliphatic carbocycles. The number of amides is 1. The highest BCUT2D eigenvalue weighted by molar-refractivity contribution is 5.87. The van der Waals surface area contributed by atoms with Crippen molar-refractivity contribution in [2.24, 2.45) is 0 Å². The zero-order valence-electron chi connectivity index (χ0n) is 16.6. The molecule has 0 spiro atoms. The number of carbonyl (C=O) groups is 1. The number of ether oxygens (including phenoxy) is 1. The van der Waals surface area contributed by atoms with Crippen LogP contribution >= 0.6 is 0 Å². The number of hydrogen-bond donors (Lipinski definition) is 1. The highest BCUT2D eigenvalue weighted by atomic mass is 16.5. The van der Waals surface area contributed by atoms with Crippen LogP contribution in [0.1, 0.15) is 43.7 Å². The van der Waals surface area contributed by atoms with Gasteiger partial charge in [-0.1, -0.05) is 55.7 Å². The number of benzene rings is 2. The fourth-order valence-corrected chi connectivity index (χ4v) is 3.90. The van der Waals surface area contributed by atoms with E-state index in [0.717, 1.165) is 29.8 Å². The maximum absolute atomic E-state index is 13.4. The second-order valence-corrected chi connectivity index (χ2v) is 7.30. The molecule has 0 saturated heterocycles. The summed E-state index contributed by atoms with van der Waals surface area (Å²) in [6.07, 6.45) is 7.61. The number of anilines is 1. The first-order chi connectivity index (χ1) is 13.7. The SMILES string of the molecule is C=CCN(c1ccccc1)[C@@H](C(=O)NC1CCCCC1)c1ccc(OC)cc1. The standard InChI is InChI=1S/C24H30N2O2/c1-3-18-26(21-12-8-5-9-13-21)23(19-14-16-22(28-2)17-15-19)24(27)25-20-10-6-4-7-11-20/h3,5,8-9,12-17,20,23H,1,4,6-7,10-11,18H2,2H3,(H,25,27)/t23-/m1/s1. The Kier molecular flexibility index (Phi) is 7.12. The minimum atomic E-state index is -0.423. The molecule has 0 radical (unpaired) electrons. The largest absolute Gasteiger partial charge is 0.497 e. The molecule has 4 nitrogen and oxygen atoms in total. The zero-order chi connectivity index (χ0) is 19.8. The average Bonchev–Trinajstić information content (AvgIpc) is 2.75. The first kappa shape index (κ1) is 20.0. The Labute approximate surface area is 168 Å². The number of hydrogen-bond acceptors (Lipinski definition) is 3. The van der Waals surface area contributed by atoms with Crippen LogP contribution in [-0.4, -0.2) is 25.6 Å². The van der Waals surface area contributed by atoms with Gasteiger partial charge in [-0.05, 0) is 42.7 Å². The molecule has 4 heteroatoms. The second-order valence-electron chi connectivity index (χ2n) is 7.30. The molecule has 2 aromatic rings. The summed E-state index contributed by atoms with van der Waals surface area (Å²) in [6.45, 7) is 4.49. The molecule has 0 bridgehead atoms. The van der Waals surface area contributed by atoms with E-state index in [2.05, 4.69) is 16.8 Å². The average molecular weight is 379 g/mol. The number of nitrogens with zero attached hydrogens (tertiary/aromatic N) is 1. The third-order valence-electron chi connectivity index (χ3n) is 5.36. The summed E-state index contributed by atoms with van der Waals surface area (Å²) in [5, 5.41) is 3.31. The lowest BCUT2D eigenvalue weighted by molar-refractivity contribution is -0.123. The van der Waals surface area contributed by atoms with E-state index in [4.69, 9.17) is 4.74 Å². The predicted molar refractivity (Wildman–Crippen MR) is 115 cm³/mol. The van der Waals surface area contributed by atoms with Gasteiger partial charge in [-0.15, -0.1) is 6.58 Å². The Balaban J connectivity index is 1.93. The molecule has 0 aromatic heterocycles. The monoisotopic (exact) mass is 378 g/mol. The lowest BCUT2D eigenvalue weighted by Gasteiger charge is -2.34. The number of methoxy groups -OCH3 is 1. The summed E-state index contributed by atoms with van der Waals surface area (Å²) in [5.41, 5.74) is 1.95. The molecular formula is C24H30N2O2. The number of para-hydroxylation sites is 1. The number of rotatable bonds is 8. The van der Waals surface area contributed by atoms with Gasteiger partial charge in [0.25, 0.3) is 0 Å². The van der Waals surface area contributed by atoms with Crippen LogP contribution in [0.25, 0.3) is 0 Å². The van der Waals surface area contributed by atoms with Gasteiger partial charge in [0.2, 0.25) is 5.91 Å². The van der Waals surface area contributed by atoms with Crippen molar-refractivity contribution in [1.29, 1.82) is 0 Å². The lowest BCUT2D eigenvalue weighted by atomic mass is 9.94. The van der Waals surface area contributed by atoms with Crippen LogP contribution in [0, 0.1) is 0 Å². The van der Waals surface area contributed by atoms with Crippen LogP contribution in [-0.2, 0) is 4.79 Å². The molecule has 0 aliphatic heterocycles. The zero-order valence-corrected chi connectivity index (χ0v) is 16.6. The van der Waals surface area contributed by atoms with E-state index in [1.165, 1.54) is 19.3 Å². The topological polar surface area (TPSA) is 41.6 Å². The molecule has 1 saturated carbocycles. The minimum absolute atomic E-state index is 0.0442. The van der Waals surface area contributed by atoms with Crippen molar-refractivity contribution in [1.82, 2.24) is 5.32 Å². The summed E-state index contributed by atoms with van der Waals surface area (Å²) in [7, 11) is 1.65. The van der Waals surface area contributed by atoms with Gasteiger partial charge in [0, 0.05) is 18.3 Å². The van der Waals surface area contributed by atoms with Crippen LogP contribution < -0.4 is 15.0 Å². The van der Waals surface area contributed by atoms with Crippen LogP contribution in [0.15, 0.2) is 67.3 Å². The van der Waals surface area contributed by atoms with Gasteiger partial charge in [-0.25, -0.2) is 0 Å². The Morgan fingerprint density at radius 2 is 1.82 bits per heavy atom. The molecule has 148 valence electrons. The highest BCUT2D eigenvalue weighted by Gasteiger charge is 2.29. The molecule has 0 unspecified atom stereocenters. The van der Waals surface area contributed by atoms with E-state index < -0.39 is 6.04 Å². The Bertz CT molecular complexity index is 752. The molecule has 0 heterocycles. The third-order valence-corrected chi connectivity index (χ3v) is 5.36. The first-order valence-electron chi connectivity index (χ1n) is 10.1. The quantitative estimate of drug-likeness (QED) is 0.666. The van der Waals surface area contributed by atoms with Gasteiger partial charge in [-0.2, -0.15) is 0 Å². The summed E-state index contributed by atoms with van der Waals surface area (Å²) in [4.78, 5) is 15.5.